The second-order valence-electron chi connectivity index (χ2n) is 5.17. The number of halogens is 1. The van der Waals surface area contributed by atoms with Gasteiger partial charge in [-0.3, -0.25) is 19.6 Å². The van der Waals surface area contributed by atoms with E-state index >= 15 is 0 Å². The van der Waals surface area contributed by atoms with Crippen molar-refractivity contribution in [2.24, 2.45) is 0 Å². The van der Waals surface area contributed by atoms with Gasteiger partial charge in [0.2, 0.25) is 5.91 Å². The second-order valence-corrected chi connectivity index (χ2v) is 5.58. The topological polar surface area (TPSA) is 109 Å². The average Bonchev–Trinajstić information content (AvgIpc) is 2.81. The van der Waals surface area contributed by atoms with Crippen LogP contribution in [0.3, 0.4) is 0 Å². The molecule has 0 aliphatic rings. The highest BCUT2D eigenvalue weighted by molar-refractivity contribution is 6.32. The van der Waals surface area contributed by atoms with Crippen LogP contribution in [0.4, 0.5) is 11.4 Å². The van der Waals surface area contributed by atoms with Gasteiger partial charge in [-0.1, -0.05) is 11.6 Å². The molecule has 1 N–H and O–H groups in total. The van der Waals surface area contributed by atoms with E-state index in [0.717, 1.165) is 0 Å². The summed E-state index contributed by atoms with van der Waals surface area (Å²) in [6, 6.07) is 3.05. The lowest BCUT2D eigenvalue weighted by Crippen LogP contribution is -2.20. The Morgan fingerprint density at radius 1 is 1.32 bits per heavy atom. The molecule has 2 rings (SSSR count). The number of anilines is 1. The van der Waals surface area contributed by atoms with Gasteiger partial charge in [-0.15, -0.1) is 0 Å². The molecule has 0 radical (unpaired) electrons. The molecule has 9 nitrogen and oxygen atoms in total. The Kier molecular flexibility index (Phi) is 5.48. The van der Waals surface area contributed by atoms with Crippen molar-refractivity contribution in [1.29, 1.82) is 0 Å². The van der Waals surface area contributed by atoms with Crippen molar-refractivity contribution in [3.63, 3.8) is 0 Å². The maximum atomic E-state index is 12.3. The summed E-state index contributed by atoms with van der Waals surface area (Å²) in [6.07, 6.45) is 0. The predicted molar refractivity (Wildman–Crippen MR) is 91.5 cm³/mol. The fraction of sp³-hybridized carbons (Fsp3) is 0.333. The van der Waals surface area contributed by atoms with Crippen LogP contribution in [0.25, 0.3) is 0 Å². The van der Waals surface area contributed by atoms with Gasteiger partial charge in [0.15, 0.2) is 0 Å². The third-order valence-corrected chi connectivity index (χ3v) is 3.86. The largest absolute Gasteiger partial charge is 0.495 e. The van der Waals surface area contributed by atoms with Crippen molar-refractivity contribution in [2.45, 2.75) is 20.4 Å². The number of methoxy groups -OCH3 is 2. The molecular weight excluding hydrogens is 352 g/mol. The number of carbonyl (C=O) groups excluding carboxylic acids is 1. The van der Waals surface area contributed by atoms with Crippen LogP contribution in [0.2, 0.25) is 5.02 Å². The van der Waals surface area contributed by atoms with Crippen LogP contribution in [-0.4, -0.2) is 34.8 Å². The zero-order chi connectivity index (χ0) is 18.7. The Bertz CT molecular complexity index is 834. The van der Waals surface area contributed by atoms with Crippen molar-refractivity contribution in [3.05, 3.63) is 38.7 Å². The molecule has 25 heavy (non-hydrogen) atoms. The number of benzene rings is 1. The van der Waals surface area contributed by atoms with E-state index in [-0.39, 0.29) is 17.9 Å². The standard InChI is InChI=1S/C15H17ClN4O5/c1-8-15(20(22)23)9(2)19(18-8)7-14(21)17-11-5-10(16)12(24-3)6-13(11)25-4/h5-6H,7H2,1-4H3,(H,17,21). The predicted octanol–water partition coefficient (Wildman–Crippen LogP) is 2.72. The van der Waals surface area contributed by atoms with E-state index in [0.29, 0.717) is 27.9 Å². The first-order valence-corrected chi connectivity index (χ1v) is 7.56. The molecule has 134 valence electrons. The number of nitrogens with one attached hydrogen (secondary N) is 1. The molecule has 0 saturated heterocycles. The minimum absolute atomic E-state index is 0.0992. The number of aromatic nitrogens is 2. The zero-order valence-electron chi connectivity index (χ0n) is 14.1. The van der Waals surface area contributed by atoms with Crippen molar-refractivity contribution in [1.82, 2.24) is 9.78 Å². The highest BCUT2D eigenvalue weighted by Gasteiger charge is 2.23. The molecule has 0 saturated carbocycles. The fourth-order valence-electron chi connectivity index (χ4n) is 2.39. The number of aryl methyl sites for hydroxylation is 1. The Labute approximate surface area is 148 Å². The Morgan fingerprint density at radius 3 is 2.48 bits per heavy atom. The molecule has 10 heteroatoms. The van der Waals surface area contributed by atoms with Crippen LogP contribution in [-0.2, 0) is 11.3 Å². The molecule has 0 bridgehead atoms. The number of rotatable bonds is 6. The van der Waals surface area contributed by atoms with E-state index < -0.39 is 10.8 Å². The summed E-state index contributed by atoms with van der Waals surface area (Å²) in [5, 5.41) is 18.0. The number of amides is 1. The number of nitro groups is 1. The van der Waals surface area contributed by atoms with E-state index in [4.69, 9.17) is 21.1 Å². The minimum Gasteiger partial charge on any atom is -0.495 e. The first-order chi connectivity index (χ1) is 11.8. The molecule has 1 amide bonds. The molecule has 0 aliphatic carbocycles. The molecular formula is C15H17ClN4O5. The van der Waals surface area contributed by atoms with Gasteiger partial charge in [0, 0.05) is 6.07 Å². The number of hydrogen-bond acceptors (Lipinski definition) is 6. The Morgan fingerprint density at radius 2 is 1.96 bits per heavy atom. The maximum Gasteiger partial charge on any atom is 0.312 e. The maximum absolute atomic E-state index is 12.3. The minimum atomic E-state index is -0.516. The first kappa shape index (κ1) is 18.5. The third kappa shape index (κ3) is 3.82. The molecule has 2 aromatic rings. The summed E-state index contributed by atoms with van der Waals surface area (Å²) in [5.41, 5.74) is 0.810. The van der Waals surface area contributed by atoms with Gasteiger partial charge >= 0.3 is 5.69 Å². The first-order valence-electron chi connectivity index (χ1n) is 7.18. The van der Waals surface area contributed by atoms with E-state index in [9.17, 15) is 14.9 Å². The fourth-order valence-corrected chi connectivity index (χ4v) is 2.63. The molecule has 1 aromatic carbocycles. The van der Waals surface area contributed by atoms with Crippen molar-refractivity contribution in [2.75, 3.05) is 19.5 Å². The van der Waals surface area contributed by atoms with Crippen molar-refractivity contribution >= 4 is 28.9 Å². The number of hydrogen-bond donors (Lipinski definition) is 1. The van der Waals surface area contributed by atoms with Crippen LogP contribution in [0.15, 0.2) is 12.1 Å². The highest BCUT2D eigenvalue weighted by atomic mass is 35.5. The summed E-state index contributed by atoms with van der Waals surface area (Å²) >= 11 is 6.06. The second kappa shape index (κ2) is 7.39. The van der Waals surface area contributed by atoms with Crippen molar-refractivity contribution < 1.29 is 19.2 Å². The highest BCUT2D eigenvalue weighted by Crippen LogP contribution is 2.35. The van der Waals surface area contributed by atoms with E-state index in [2.05, 4.69) is 10.4 Å². The lowest BCUT2D eigenvalue weighted by atomic mass is 10.2. The lowest BCUT2D eigenvalue weighted by Gasteiger charge is -2.13. The summed E-state index contributed by atoms with van der Waals surface area (Å²) in [7, 11) is 2.91. The molecule has 0 unspecified atom stereocenters. The lowest BCUT2D eigenvalue weighted by molar-refractivity contribution is -0.386. The van der Waals surface area contributed by atoms with Crippen molar-refractivity contribution in [3.8, 4) is 11.5 Å². The van der Waals surface area contributed by atoms with Gasteiger partial charge in [-0.2, -0.15) is 5.10 Å². The van der Waals surface area contributed by atoms with Gasteiger partial charge in [0.05, 0.1) is 29.9 Å². The molecule has 1 heterocycles. The number of carbonyl (C=O) groups is 1. The zero-order valence-corrected chi connectivity index (χ0v) is 14.9. The summed E-state index contributed by atoms with van der Waals surface area (Å²) in [5.74, 6) is 0.347. The average molecular weight is 369 g/mol. The molecule has 0 spiro atoms. The Hall–Kier alpha value is -2.81. The number of ether oxygens (including phenoxy) is 2. The van der Waals surface area contributed by atoms with Crippen LogP contribution < -0.4 is 14.8 Å². The van der Waals surface area contributed by atoms with Crippen LogP contribution in [0, 0.1) is 24.0 Å². The molecule has 0 aliphatic heterocycles. The monoisotopic (exact) mass is 368 g/mol. The summed E-state index contributed by atoms with van der Waals surface area (Å²) < 4.78 is 11.6. The Balaban J connectivity index is 2.23. The van der Waals surface area contributed by atoms with Crippen LogP contribution in [0.1, 0.15) is 11.4 Å². The van der Waals surface area contributed by atoms with Crippen LogP contribution in [0.5, 0.6) is 11.5 Å². The number of nitrogens with zero attached hydrogens (tertiary/aromatic N) is 3. The third-order valence-electron chi connectivity index (χ3n) is 3.57. The summed E-state index contributed by atoms with van der Waals surface area (Å²) in [6.45, 7) is 2.87. The normalized spacial score (nSPS) is 10.4. The van der Waals surface area contributed by atoms with E-state index in [1.165, 1.54) is 38.8 Å². The SMILES string of the molecule is COc1cc(OC)c(NC(=O)Cn2nc(C)c([N+](=O)[O-])c2C)cc1Cl. The molecule has 1 aromatic heterocycles. The van der Waals surface area contributed by atoms with Gasteiger partial charge in [0.25, 0.3) is 0 Å². The summed E-state index contributed by atoms with van der Waals surface area (Å²) in [4.78, 5) is 22.8. The van der Waals surface area contributed by atoms with E-state index in [1.54, 1.807) is 6.07 Å². The van der Waals surface area contributed by atoms with Crippen LogP contribution >= 0.6 is 11.6 Å². The van der Waals surface area contributed by atoms with E-state index in [1.807, 2.05) is 0 Å². The van der Waals surface area contributed by atoms with Gasteiger partial charge in [-0.05, 0) is 19.9 Å². The smallest absolute Gasteiger partial charge is 0.312 e. The quantitative estimate of drug-likeness (QED) is 0.620. The van der Waals surface area contributed by atoms with Gasteiger partial charge in [-0.25, -0.2) is 0 Å². The van der Waals surface area contributed by atoms with Gasteiger partial charge < -0.3 is 14.8 Å². The molecule has 0 fully saturated rings. The molecule has 0 atom stereocenters. The van der Waals surface area contributed by atoms with Gasteiger partial charge in [0.1, 0.15) is 29.4 Å².